The van der Waals surface area contributed by atoms with Crippen molar-refractivity contribution in [2.24, 2.45) is 0 Å². The highest BCUT2D eigenvalue weighted by Crippen LogP contribution is 2.13. The highest BCUT2D eigenvalue weighted by molar-refractivity contribution is 5.93. The van der Waals surface area contributed by atoms with Crippen LogP contribution in [0.3, 0.4) is 0 Å². The second kappa shape index (κ2) is 8.14. The summed E-state index contributed by atoms with van der Waals surface area (Å²) in [6.45, 7) is 5.11. The Morgan fingerprint density at radius 1 is 1.40 bits per heavy atom. The van der Waals surface area contributed by atoms with E-state index < -0.39 is 0 Å². The van der Waals surface area contributed by atoms with Crippen LogP contribution in [0.25, 0.3) is 0 Å². The van der Waals surface area contributed by atoms with Crippen molar-refractivity contribution < 1.29 is 14.3 Å². The molecule has 6 nitrogen and oxygen atoms in total. The van der Waals surface area contributed by atoms with Crippen molar-refractivity contribution in [3.05, 3.63) is 24.0 Å². The number of carbonyl (C=O) groups excluding carboxylic acids is 2. The Labute approximate surface area is 119 Å². The number of nitrogens with zero attached hydrogens (tertiary/aromatic N) is 2. The van der Waals surface area contributed by atoms with E-state index in [1.54, 1.807) is 25.3 Å². The van der Waals surface area contributed by atoms with Crippen LogP contribution >= 0.6 is 0 Å². The molecule has 1 rings (SSSR count). The second-order valence-electron chi connectivity index (χ2n) is 4.24. The van der Waals surface area contributed by atoms with Crippen molar-refractivity contribution in [3.63, 3.8) is 0 Å². The number of amides is 1. The smallest absolute Gasteiger partial charge is 0.307 e. The molecule has 0 aromatic carbocycles. The van der Waals surface area contributed by atoms with Crippen LogP contribution in [0, 0.1) is 0 Å². The number of aromatic nitrogens is 1. The first-order chi connectivity index (χ1) is 9.58. The molecule has 1 heterocycles. The monoisotopic (exact) mass is 279 g/mol. The van der Waals surface area contributed by atoms with Gasteiger partial charge in [-0.2, -0.15) is 0 Å². The lowest BCUT2D eigenvalue weighted by Gasteiger charge is -2.19. The summed E-state index contributed by atoms with van der Waals surface area (Å²) in [6, 6.07) is 3.50. The molecule has 0 aliphatic carbocycles. The highest BCUT2D eigenvalue weighted by atomic mass is 16.5. The number of pyridine rings is 1. The van der Waals surface area contributed by atoms with Crippen molar-refractivity contribution in [3.8, 4) is 0 Å². The molecule has 1 aromatic rings. The van der Waals surface area contributed by atoms with Crippen molar-refractivity contribution in [1.82, 2.24) is 10.3 Å². The van der Waals surface area contributed by atoms with E-state index in [2.05, 4.69) is 10.3 Å². The Kier molecular flexibility index (Phi) is 6.49. The zero-order valence-electron chi connectivity index (χ0n) is 12.2. The molecule has 0 spiro atoms. The molecule has 0 aliphatic rings. The fourth-order valence-electron chi connectivity index (χ4n) is 1.65. The molecular weight excluding hydrogens is 258 g/mol. The largest absolute Gasteiger partial charge is 0.466 e. The average molecular weight is 279 g/mol. The fraction of sp³-hybridized carbons (Fsp3) is 0.500. The summed E-state index contributed by atoms with van der Waals surface area (Å²) in [4.78, 5) is 28.9. The lowest BCUT2D eigenvalue weighted by atomic mass is 10.2. The SMILES string of the molecule is CCNC(=O)c1cc(N(C)CCC(=O)OCC)ccn1. The number of ether oxygens (including phenoxy) is 1. The van der Waals surface area contributed by atoms with Crippen molar-refractivity contribution in [1.29, 1.82) is 0 Å². The maximum Gasteiger partial charge on any atom is 0.307 e. The van der Waals surface area contributed by atoms with Gasteiger partial charge in [0, 0.05) is 32.0 Å². The molecule has 0 atom stereocenters. The fourth-order valence-corrected chi connectivity index (χ4v) is 1.65. The summed E-state index contributed by atoms with van der Waals surface area (Å²) < 4.78 is 4.88. The number of hydrogen-bond acceptors (Lipinski definition) is 5. The molecule has 0 unspecified atom stereocenters. The Bertz CT molecular complexity index is 463. The van der Waals surface area contributed by atoms with E-state index in [-0.39, 0.29) is 11.9 Å². The van der Waals surface area contributed by atoms with Gasteiger partial charge in [-0.25, -0.2) is 0 Å². The Hall–Kier alpha value is -2.11. The third kappa shape index (κ3) is 4.87. The van der Waals surface area contributed by atoms with Gasteiger partial charge in [-0.1, -0.05) is 0 Å². The molecule has 0 aliphatic heterocycles. The third-order valence-electron chi connectivity index (χ3n) is 2.71. The molecule has 6 heteroatoms. The normalized spacial score (nSPS) is 9.95. The molecule has 110 valence electrons. The molecule has 0 fully saturated rings. The first kappa shape index (κ1) is 15.9. The van der Waals surface area contributed by atoms with Gasteiger partial charge in [-0.3, -0.25) is 14.6 Å². The number of carbonyl (C=O) groups is 2. The molecule has 20 heavy (non-hydrogen) atoms. The predicted molar refractivity (Wildman–Crippen MR) is 76.8 cm³/mol. The molecule has 0 saturated carbocycles. The summed E-state index contributed by atoms with van der Waals surface area (Å²) >= 11 is 0. The van der Waals surface area contributed by atoms with E-state index in [9.17, 15) is 9.59 Å². The third-order valence-corrected chi connectivity index (χ3v) is 2.71. The summed E-state index contributed by atoms with van der Waals surface area (Å²) in [5, 5.41) is 2.70. The van der Waals surface area contributed by atoms with Crippen LogP contribution < -0.4 is 10.2 Å². The van der Waals surface area contributed by atoms with Gasteiger partial charge in [0.2, 0.25) is 0 Å². The van der Waals surface area contributed by atoms with E-state index in [0.717, 1.165) is 5.69 Å². The lowest BCUT2D eigenvalue weighted by molar-refractivity contribution is -0.142. The first-order valence-electron chi connectivity index (χ1n) is 6.69. The number of rotatable bonds is 7. The maximum absolute atomic E-state index is 11.7. The van der Waals surface area contributed by atoms with Crippen molar-refractivity contribution in [2.45, 2.75) is 20.3 Å². The van der Waals surface area contributed by atoms with Gasteiger partial charge in [0.1, 0.15) is 5.69 Å². The van der Waals surface area contributed by atoms with Gasteiger partial charge < -0.3 is 15.0 Å². The maximum atomic E-state index is 11.7. The topological polar surface area (TPSA) is 71.5 Å². The number of anilines is 1. The summed E-state index contributed by atoms with van der Waals surface area (Å²) in [5.74, 6) is -0.425. The van der Waals surface area contributed by atoms with E-state index in [4.69, 9.17) is 4.74 Å². The molecule has 0 radical (unpaired) electrons. The van der Waals surface area contributed by atoms with E-state index >= 15 is 0 Å². The van der Waals surface area contributed by atoms with Gasteiger partial charge >= 0.3 is 5.97 Å². The minimum absolute atomic E-state index is 0.201. The number of nitrogens with one attached hydrogen (secondary N) is 1. The van der Waals surface area contributed by atoms with Crippen molar-refractivity contribution >= 4 is 17.6 Å². The summed E-state index contributed by atoms with van der Waals surface area (Å²) in [7, 11) is 1.86. The highest BCUT2D eigenvalue weighted by Gasteiger charge is 2.10. The Morgan fingerprint density at radius 3 is 2.80 bits per heavy atom. The van der Waals surface area contributed by atoms with E-state index in [1.807, 2.05) is 18.9 Å². The van der Waals surface area contributed by atoms with Gasteiger partial charge in [-0.05, 0) is 26.0 Å². The van der Waals surface area contributed by atoms with Crippen LogP contribution in [0.1, 0.15) is 30.8 Å². The standard InChI is InChI=1S/C14H21N3O3/c1-4-15-14(19)12-10-11(6-8-16-12)17(3)9-7-13(18)20-5-2/h6,8,10H,4-5,7,9H2,1-3H3,(H,15,19). The lowest BCUT2D eigenvalue weighted by Crippen LogP contribution is -2.25. The number of esters is 1. The minimum Gasteiger partial charge on any atom is -0.466 e. The average Bonchev–Trinajstić information content (AvgIpc) is 2.45. The Morgan fingerprint density at radius 2 is 2.15 bits per heavy atom. The molecule has 0 saturated heterocycles. The van der Waals surface area contributed by atoms with Gasteiger partial charge in [-0.15, -0.1) is 0 Å². The molecular formula is C14H21N3O3. The van der Waals surface area contributed by atoms with Gasteiger partial charge in [0.15, 0.2) is 0 Å². The molecule has 1 aromatic heterocycles. The van der Waals surface area contributed by atoms with Gasteiger partial charge in [0.25, 0.3) is 5.91 Å². The predicted octanol–water partition coefficient (Wildman–Crippen LogP) is 1.22. The van der Waals surface area contributed by atoms with Crippen LogP contribution in [-0.2, 0) is 9.53 Å². The zero-order chi connectivity index (χ0) is 15.0. The van der Waals surface area contributed by atoms with Gasteiger partial charge in [0.05, 0.1) is 13.0 Å². The molecule has 1 amide bonds. The molecule has 1 N–H and O–H groups in total. The van der Waals surface area contributed by atoms with Crippen LogP contribution in [0.4, 0.5) is 5.69 Å². The van der Waals surface area contributed by atoms with Crippen molar-refractivity contribution in [2.75, 3.05) is 31.6 Å². The zero-order valence-corrected chi connectivity index (χ0v) is 12.2. The van der Waals surface area contributed by atoms with Crippen LogP contribution in [0.2, 0.25) is 0 Å². The summed E-state index contributed by atoms with van der Waals surface area (Å²) in [5.41, 5.74) is 1.21. The minimum atomic E-state index is -0.225. The van der Waals surface area contributed by atoms with E-state index in [0.29, 0.717) is 31.8 Å². The van der Waals surface area contributed by atoms with Crippen LogP contribution in [-0.4, -0.2) is 43.6 Å². The molecule has 0 bridgehead atoms. The summed E-state index contributed by atoms with van der Waals surface area (Å²) in [6.07, 6.45) is 1.89. The Balaban J connectivity index is 2.64. The van der Waals surface area contributed by atoms with Crippen LogP contribution in [0.5, 0.6) is 0 Å². The number of hydrogen-bond donors (Lipinski definition) is 1. The quantitative estimate of drug-likeness (QED) is 0.760. The first-order valence-corrected chi connectivity index (χ1v) is 6.69. The van der Waals surface area contributed by atoms with E-state index in [1.165, 1.54) is 0 Å². The van der Waals surface area contributed by atoms with Crippen LogP contribution in [0.15, 0.2) is 18.3 Å². The second-order valence-corrected chi connectivity index (χ2v) is 4.24.